The molecule has 3 rings (SSSR count). The number of hydrogen-bond acceptors (Lipinski definition) is 3. The Balaban J connectivity index is 1.92. The van der Waals surface area contributed by atoms with Crippen molar-refractivity contribution in [3.63, 3.8) is 0 Å². The number of piperidine rings is 1. The van der Waals surface area contributed by atoms with Crippen LogP contribution in [0.25, 0.3) is 10.8 Å². The van der Waals surface area contributed by atoms with Gasteiger partial charge >= 0.3 is 0 Å². The molecule has 1 fully saturated rings. The summed E-state index contributed by atoms with van der Waals surface area (Å²) < 4.78 is 0. The molecule has 1 aliphatic rings. The molecule has 0 aliphatic carbocycles. The molecule has 0 spiro atoms. The van der Waals surface area contributed by atoms with E-state index in [0.717, 1.165) is 36.4 Å². The fourth-order valence-electron chi connectivity index (χ4n) is 3.45. The maximum Gasteiger partial charge on any atom is 0.120 e. The highest BCUT2D eigenvalue weighted by atomic mass is 16.3. The van der Waals surface area contributed by atoms with E-state index in [9.17, 15) is 5.11 Å². The van der Waals surface area contributed by atoms with Crippen molar-refractivity contribution in [2.75, 3.05) is 13.1 Å². The third-order valence-electron chi connectivity index (χ3n) is 4.75. The van der Waals surface area contributed by atoms with Gasteiger partial charge in [-0.05, 0) is 42.1 Å². The Morgan fingerprint density at radius 1 is 1.24 bits per heavy atom. The second-order valence-corrected chi connectivity index (χ2v) is 6.27. The highest BCUT2D eigenvalue weighted by molar-refractivity contribution is 5.87. The number of hydrogen-bond donors (Lipinski definition) is 2. The van der Waals surface area contributed by atoms with Gasteiger partial charge in [0.1, 0.15) is 5.75 Å². The third-order valence-corrected chi connectivity index (χ3v) is 4.75. The van der Waals surface area contributed by atoms with E-state index in [2.05, 4.69) is 24.0 Å². The van der Waals surface area contributed by atoms with Crippen molar-refractivity contribution in [1.82, 2.24) is 4.90 Å². The summed E-state index contributed by atoms with van der Waals surface area (Å²) in [6.45, 7) is 4.83. The van der Waals surface area contributed by atoms with Gasteiger partial charge in [-0.3, -0.25) is 4.90 Å². The largest absolute Gasteiger partial charge is 0.508 e. The lowest BCUT2D eigenvalue weighted by molar-refractivity contribution is 0.115. The summed E-state index contributed by atoms with van der Waals surface area (Å²) in [7, 11) is 0. The second-order valence-electron chi connectivity index (χ2n) is 6.27. The standard InChI is InChI=1S/C18H24N2O/c1-13-8-9-20(15(10-13)11-19)12-17-16-5-3-2-4-14(16)6-7-18(17)21/h2-7,13,15,21H,8-12,19H2,1H3. The van der Waals surface area contributed by atoms with Crippen LogP contribution in [0.1, 0.15) is 25.3 Å². The molecule has 0 bridgehead atoms. The Morgan fingerprint density at radius 3 is 2.86 bits per heavy atom. The summed E-state index contributed by atoms with van der Waals surface area (Å²) in [4.78, 5) is 2.43. The van der Waals surface area contributed by atoms with Crippen LogP contribution in [-0.2, 0) is 6.54 Å². The van der Waals surface area contributed by atoms with Gasteiger partial charge in [-0.25, -0.2) is 0 Å². The third kappa shape index (κ3) is 2.89. The first-order chi connectivity index (χ1) is 10.2. The van der Waals surface area contributed by atoms with Crippen molar-refractivity contribution in [3.8, 4) is 5.75 Å². The summed E-state index contributed by atoms with van der Waals surface area (Å²) in [5.74, 6) is 1.14. The second kappa shape index (κ2) is 6.04. The molecule has 0 amide bonds. The number of phenols is 1. The minimum atomic E-state index is 0.392. The van der Waals surface area contributed by atoms with E-state index in [1.165, 1.54) is 11.8 Å². The molecule has 3 heteroatoms. The molecule has 2 aromatic carbocycles. The van der Waals surface area contributed by atoms with Crippen LogP contribution >= 0.6 is 0 Å². The van der Waals surface area contributed by atoms with Crippen LogP contribution in [0.5, 0.6) is 5.75 Å². The first kappa shape index (κ1) is 14.4. The van der Waals surface area contributed by atoms with E-state index in [0.29, 0.717) is 18.3 Å². The zero-order valence-electron chi connectivity index (χ0n) is 12.6. The van der Waals surface area contributed by atoms with Crippen molar-refractivity contribution in [3.05, 3.63) is 42.0 Å². The number of nitrogens with two attached hydrogens (primary N) is 1. The van der Waals surface area contributed by atoms with Crippen LogP contribution in [0.15, 0.2) is 36.4 Å². The summed E-state index contributed by atoms with van der Waals surface area (Å²) in [6, 6.07) is 12.5. The van der Waals surface area contributed by atoms with E-state index >= 15 is 0 Å². The Hall–Kier alpha value is -1.58. The highest BCUT2D eigenvalue weighted by Crippen LogP contribution is 2.31. The molecular weight excluding hydrogens is 260 g/mol. The molecule has 2 aromatic rings. The molecule has 1 saturated heterocycles. The number of rotatable bonds is 3. The minimum absolute atomic E-state index is 0.392. The molecule has 112 valence electrons. The molecule has 0 saturated carbocycles. The SMILES string of the molecule is CC1CCN(Cc2c(O)ccc3ccccc23)C(CN)C1. The monoisotopic (exact) mass is 284 g/mol. The highest BCUT2D eigenvalue weighted by Gasteiger charge is 2.26. The van der Waals surface area contributed by atoms with Crippen molar-refractivity contribution >= 4 is 10.8 Å². The first-order valence-electron chi connectivity index (χ1n) is 7.82. The fourth-order valence-corrected chi connectivity index (χ4v) is 3.45. The zero-order chi connectivity index (χ0) is 14.8. The predicted molar refractivity (Wildman–Crippen MR) is 87.3 cm³/mol. The Morgan fingerprint density at radius 2 is 2.05 bits per heavy atom. The average Bonchev–Trinajstić information content (AvgIpc) is 2.51. The van der Waals surface area contributed by atoms with E-state index in [1.807, 2.05) is 24.3 Å². The Labute approximate surface area is 126 Å². The topological polar surface area (TPSA) is 49.5 Å². The summed E-state index contributed by atoms with van der Waals surface area (Å²) in [5.41, 5.74) is 6.98. The maximum atomic E-state index is 10.3. The van der Waals surface area contributed by atoms with Crippen LogP contribution in [0.3, 0.4) is 0 Å². The zero-order valence-corrected chi connectivity index (χ0v) is 12.6. The Kier molecular flexibility index (Phi) is 4.13. The van der Waals surface area contributed by atoms with Crippen molar-refractivity contribution in [1.29, 1.82) is 0 Å². The smallest absolute Gasteiger partial charge is 0.120 e. The maximum absolute atomic E-state index is 10.3. The molecule has 1 heterocycles. The number of benzene rings is 2. The average molecular weight is 284 g/mol. The predicted octanol–water partition coefficient (Wildman–Crippen LogP) is 3.10. The molecule has 3 nitrogen and oxygen atoms in total. The Bertz CT molecular complexity index is 626. The van der Waals surface area contributed by atoms with Gasteiger partial charge in [0.05, 0.1) is 0 Å². The van der Waals surface area contributed by atoms with Gasteiger partial charge < -0.3 is 10.8 Å². The van der Waals surface area contributed by atoms with Crippen LogP contribution < -0.4 is 5.73 Å². The van der Waals surface area contributed by atoms with Gasteiger partial charge in [0, 0.05) is 24.7 Å². The summed E-state index contributed by atoms with van der Waals surface area (Å²) in [5, 5.41) is 12.6. The van der Waals surface area contributed by atoms with Crippen molar-refractivity contribution in [2.45, 2.75) is 32.4 Å². The van der Waals surface area contributed by atoms with Gasteiger partial charge in [-0.15, -0.1) is 0 Å². The van der Waals surface area contributed by atoms with Crippen LogP contribution in [-0.4, -0.2) is 29.1 Å². The van der Waals surface area contributed by atoms with Gasteiger partial charge in [0.25, 0.3) is 0 Å². The number of phenolic OH excluding ortho intramolecular Hbond substituents is 1. The fraction of sp³-hybridized carbons (Fsp3) is 0.444. The minimum Gasteiger partial charge on any atom is -0.508 e. The summed E-state index contributed by atoms with van der Waals surface area (Å²) in [6.07, 6.45) is 2.37. The quantitative estimate of drug-likeness (QED) is 0.910. The lowest BCUT2D eigenvalue weighted by atomic mass is 9.91. The van der Waals surface area contributed by atoms with E-state index in [-0.39, 0.29) is 0 Å². The number of nitrogens with zero attached hydrogens (tertiary/aromatic N) is 1. The number of likely N-dealkylation sites (tertiary alicyclic amines) is 1. The molecular formula is C18H24N2O. The van der Waals surface area contributed by atoms with E-state index in [1.54, 1.807) is 0 Å². The van der Waals surface area contributed by atoms with Gasteiger partial charge in [0.2, 0.25) is 0 Å². The number of fused-ring (bicyclic) bond motifs is 1. The first-order valence-corrected chi connectivity index (χ1v) is 7.82. The van der Waals surface area contributed by atoms with Gasteiger partial charge in [-0.1, -0.05) is 37.3 Å². The molecule has 21 heavy (non-hydrogen) atoms. The van der Waals surface area contributed by atoms with Crippen molar-refractivity contribution in [2.24, 2.45) is 11.7 Å². The number of aromatic hydroxyl groups is 1. The van der Waals surface area contributed by atoms with Crippen LogP contribution in [0.4, 0.5) is 0 Å². The lowest BCUT2D eigenvalue weighted by Crippen LogP contribution is -2.45. The van der Waals surface area contributed by atoms with E-state index in [4.69, 9.17) is 5.73 Å². The molecule has 0 aromatic heterocycles. The lowest BCUT2D eigenvalue weighted by Gasteiger charge is -2.38. The molecule has 2 unspecified atom stereocenters. The van der Waals surface area contributed by atoms with Crippen molar-refractivity contribution < 1.29 is 5.11 Å². The normalized spacial score (nSPS) is 23.5. The van der Waals surface area contributed by atoms with Gasteiger partial charge in [0.15, 0.2) is 0 Å². The van der Waals surface area contributed by atoms with Crippen LogP contribution in [0.2, 0.25) is 0 Å². The molecule has 1 aliphatic heterocycles. The van der Waals surface area contributed by atoms with E-state index < -0.39 is 0 Å². The van der Waals surface area contributed by atoms with Crippen LogP contribution in [0, 0.1) is 5.92 Å². The molecule has 0 radical (unpaired) electrons. The molecule has 3 N–H and O–H groups in total. The van der Waals surface area contributed by atoms with Gasteiger partial charge in [-0.2, -0.15) is 0 Å². The summed E-state index contributed by atoms with van der Waals surface area (Å²) >= 11 is 0. The molecule has 2 atom stereocenters.